The fourth-order valence-corrected chi connectivity index (χ4v) is 10.3. The van der Waals surface area contributed by atoms with Crippen molar-refractivity contribution in [2.24, 2.45) is 0 Å². The van der Waals surface area contributed by atoms with Gasteiger partial charge in [0.15, 0.2) is 0 Å². The lowest BCUT2D eigenvalue weighted by Gasteiger charge is -2.27. The average Bonchev–Trinajstić information content (AvgIpc) is 3.41. The van der Waals surface area contributed by atoms with Gasteiger partial charge in [-0.25, -0.2) is 4.57 Å². The van der Waals surface area contributed by atoms with Gasteiger partial charge in [0, 0.05) is 12.8 Å². The minimum atomic E-state index is -4.45. The second kappa shape index (κ2) is 58.6. The topological polar surface area (TPSA) is 111 Å². The van der Waals surface area contributed by atoms with Crippen LogP contribution in [0.15, 0.2) is 72.9 Å². The number of rotatable bonds is 60. The summed E-state index contributed by atoms with van der Waals surface area (Å²) in [6.45, 7) is 6.92. The Morgan fingerprint density at radius 3 is 1.22 bits per heavy atom. The zero-order valence-corrected chi connectivity index (χ0v) is 53.5. The predicted molar refractivity (Wildman–Crippen MR) is 341 cm³/mol. The molecule has 460 valence electrons. The maximum atomic E-state index is 13.5. The number of esters is 1. The number of likely N-dealkylation sites (N-methyl/N-ethyl adjacent to an activating group) is 1. The number of ether oxygens (including phenoxy) is 1. The summed E-state index contributed by atoms with van der Waals surface area (Å²) in [7, 11) is 1.50. The van der Waals surface area contributed by atoms with E-state index in [1.54, 1.807) is 0 Å². The van der Waals surface area contributed by atoms with Crippen molar-refractivity contribution < 1.29 is 37.3 Å². The van der Waals surface area contributed by atoms with Crippen LogP contribution in [0.5, 0.6) is 0 Å². The van der Waals surface area contributed by atoms with Gasteiger partial charge in [0.1, 0.15) is 19.3 Å². The van der Waals surface area contributed by atoms with Gasteiger partial charge in [-0.3, -0.25) is 18.6 Å². The molecule has 3 unspecified atom stereocenters. The number of nitrogens with one attached hydrogen (secondary N) is 1. The van der Waals surface area contributed by atoms with E-state index < -0.39 is 20.0 Å². The number of hydrogen-bond donors (Lipinski definition) is 2. The van der Waals surface area contributed by atoms with Crippen LogP contribution in [0.2, 0.25) is 0 Å². The molecule has 0 aliphatic rings. The van der Waals surface area contributed by atoms with Crippen molar-refractivity contribution in [1.29, 1.82) is 0 Å². The molecular weight excluding hydrogens is 1000 g/mol. The second-order valence-electron chi connectivity index (χ2n) is 23.6. The maximum absolute atomic E-state index is 13.5. The molecule has 0 saturated heterocycles. The van der Waals surface area contributed by atoms with Gasteiger partial charge in [-0.05, 0) is 76.7 Å². The summed E-state index contributed by atoms with van der Waals surface area (Å²) in [6.07, 6.45) is 76.2. The fourth-order valence-electron chi connectivity index (χ4n) is 9.56. The van der Waals surface area contributed by atoms with Gasteiger partial charge in [-0.15, -0.1) is 0 Å². The molecule has 0 aliphatic heterocycles. The van der Waals surface area contributed by atoms with E-state index in [0.717, 1.165) is 89.9 Å². The van der Waals surface area contributed by atoms with Crippen molar-refractivity contribution in [3.8, 4) is 0 Å². The molecule has 10 heteroatoms. The summed E-state index contributed by atoms with van der Waals surface area (Å²) in [4.78, 5) is 37.8. The lowest BCUT2D eigenvalue weighted by molar-refractivity contribution is -0.870. The van der Waals surface area contributed by atoms with Crippen molar-refractivity contribution in [3.05, 3.63) is 72.9 Å². The van der Waals surface area contributed by atoms with E-state index in [-0.39, 0.29) is 31.5 Å². The number of amides is 1. The zero-order valence-electron chi connectivity index (χ0n) is 52.6. The van der Waals surface area contributed by atoms with Crippen LogP contribution in [0.3, 0.4) is 0 Å². The summed E-state index contributed by atoms with van der Waals surface area (Å²) < 4.78 is 30.7. The Morgan fingerprint density at radius 2 is 0.810 bits per heavy atom. The quantitative estimate of drug-likeness (QED) is 0.0205. The third-order valence-corrected chi connectivity index (χ3v) is 15.6. The van der Waals surface area contributed by atoms with Crippen molar-refractivity contribution in [2.75, 3.05) is 40.9 Å². The van der Waals surface area contributed by atoms with E-state index in [1.807, 2.05) is 33.3 Å². The molecule has 0 rings (SSSR count). The number of nitrogens with zero attached hydrogens (tertiary/aromatic N) is 1. The van der Waals surface area contributed by atoms with Crippen LogP contribution >= 0.6 is 7.82 Å². The molecule has 0 aliphatic carbocycles. The van der Waals surface area contributed by atoms with Crippen LogP contribution in [0.25, 0.3) is 0 Å². The van der Waals surface area contributed by atoms with Crippen LogP contribution in [0, 0.1) is 0 Å². The van der Waals surface area contributed by atoms with Crippen LogP contribution in [0.4, 0.5) is 0 Å². The van der Waals surface area contributed by atoms with Gasteiger partial charge >= 0.3 is 13.8 Å². The van der Waals surface area contributed by atoms with Crippen molar-refractivity contribution in [3.63, 3.8) is 0 Å². The van der Waals surface area contributed by atoms with Crippen LogP contribution in [0.1, 0.15) is 303 Å². The number of unbranched alkanes of at least 4 members (excludes halogenated alkanes) is 34. The Labute approximate surface area is 489 Å². The Kier molecular flexibility index (Phi) is 56.7. The third kappa shape index (κ3) is 59.9. The van der Waals surface area contributed by atoms with E-state index in [4.69, 9.17) is 13.8 Å². The Morgan fingerprint density at radius 1 is 0.456 bits per heavy atom. The van der Waals surface area contributed by atoms with Gasteiger partial charge in [0.2, 0.25) is 5.91 Å². The molecule has 0 aromatic rings. The largest absolute Gasteiger partial charge is 0.472 e. The number of hydrogen-bond acceptors (Lipinski definition) is 6. The van der Waals surface area contributed by atoms with E-state index in [9.17, 15) is 19.0 Å². The van der Waals surface area contributed by atoms with Gasteiger partial charge < -0.3 is 19.4 Å². The Bertz CT molecular complexity index is 1580. The van der Waals surface area contributed by atoms with Gasteiger partial charge in [0.05, 0.1) is 33.8 Å². The first-order valence-corrected chi connectivity index (χ1v) is 34.8. The van der Waals surface area contributed by atoms with Crippen LogP contribution in [-0.4, -0.2) is 74.3 Å². The van der Waals surface area contributed by atoms with Crippen molar-refractivity contribution in [1.82, 2.24) is 5.32 Å². The Hall–Kier alpha value is -2.55. The predicted octanol–water partition coefficient (Wildman–Crippen LogP) is 20.8. The van der Waals surface area contributed by atoms with Gasteiger partial charge in [0.25, 0.3) is 0 Å². The summed E-state index contributed by atoms with van der Waals surface area (Å²) >= 11 is 0. The Balaban J connectivity index is 5.07. The molecule has 0 saturated carbocycles. The number of carbonyl (C=O) groups excluding carboxylic acids is 2. The molecule has 0 spiro atoms. The molecule has 79 heavy (non-hydrogen) atoms. The number of allylic oxidation sites excluding steroid dienone is 11. The SMILES string of the molecule is CC/C=C\C/C=C\C/C=C\C/C=C\C/C=C\CCCCCCCCCCCCCC(=O)OC(/C=C\CCCCCCCCCCCCC)C(COP(=O)(O)OCC[N+](C)(C)C)NC(=O)CCCCCCCCCCCCCCC. The summed E-state index contributed by atoms with van der Waals surface area (Å²) in [5, 5.41) is 3.06. The zero-order chi connectivity index (χ0) is 57.9. The highest BCUT2D eigenvalue weighted by molar-refractivity contribution is 7.47. The second-order valence-corrected chi connectivity index (χ2v) is 25.1. The van der Waals surface area contributed by atoms with E-state index in [1.165, 1.54) is 180 Å². The molecule has 0 radical (unpaired) electrons. The first-order valence-electron chi connectivity index (χ1n) is 33.3. The fraction of sp³-hybridized carbons (Fsp3) is 0.797. The number of carbonyl (C=O) groups is 2. The van der Waals surface area contributed by atoms with E-state index in [0.29, 0.717) is 17.4 Å². The highest BCUT2D eigenvalue weighted by atomic mass is 31.2. The first kappa shape index (κ1) is 76.5. The van der Waals surface area contributed by atoms with E-state index >= 15 is 0 Å². The summed E-state index contributed by atoms with van der Waals surface area (Å²) in [6, 6.07) is -0.849. The first-order chi connectivity index (χ1) is 38.4. The molecule has 0 aromatic carbocycles. The normalized spacial score (nSPS) is 14.1. The van der Waals surface area contributed by atoms with Crippen LogP contribution < -0.4 is 5.32 Å². The standard InChI is InChI=1S/C69H127N2O7P/c1-7-10-13-16-19-22-25-28-29-30-31-32-33-34-35-36-37-38-39-40-41-44-47-50-53-56-59-62-69(73)78-67(60-57-54-51-48-45-42-26-23-20-17-14-11-8-2)66(65-77-79(74,75)76-64-63-71(4,5)6)70-68(72)61-58-55-52-49-46-43-27-24-21-18-15-12-9-3/h10,13,19,22,28-29,31-32,34-35,57,60,66-67H,7-9,11-12,14-18,20-21,23-27,30,33,36-56,58-59,61-65H2,1-6H3,(H-,70,72,74,75)/p+1/b13-10-,22-19-,29-28-,32-31-,35-34-,60-57-. The highest BCUT2D eigenvalue weighted by Crippen LogP contribution is 2.43. The molecule has 0 fully saturated rings. The molecule has 0 heterocycles. The van der Waals surface area contributed by atoms with E-state index in [2.05, 4.69) is 86.8 Å². The molecular formula is C69H128N2O7P+. The molecule has 9 nitrogen and oxygen atoms in total. The molecule has 0 bridgehead atoms. The molecule has 2 N–H and O–H groups in total. The maximum Gasteiger partial charge on any atom is 0.472 e. The minimum Gasteiger partial charge on any atom is -0.456 e. The average molecular weight is 1130 g/mol. The third-order valence-electron chi connectivity index (χ3n) is 14.7. The van der Waals surface area contributed by atoms with Crippen LogP contribution in [-0.2, 0) is 27.9 Å². The van der Waals surface area contributed by atoms with Crippen molar-refractivity contribution in [2.45, 2.75) is 315 Å². The smallest absolute Gasteiger partial charge is 0.456 e. The van der Waals surface area contributed by atoms with Gasteiger partial charge in [-0.2, -0.15) is 0 Å². The molecule has 3 atom stereocenters. The monoisotopic (exact) mass is 1130 g/mol. The lowest BCUT2D eigenvalue weighted by atomic mass is 10.0. The molecule has 0 aromatic heterocycles. The summed E-state index contributed by atoms with van der Waals surface area (Å²) in [5.74, 6) is -0.500. The lowest BCUT2D eigenvalue weighted by Crippen LogP contribution is -2.47. The highest BCUT2D eigenvalue weighted by Gasteiger charge is 2.30. The van der Waals surface area contributed by atoms with Gasteiger partial charge in [-0.1, -0.05) is 287 Å². The number of phosphoric ester groups is 1. The number of quaternary nitrogens is 1. The minimum absolute atomic E-state index is 0.0398. The number of phosphoric acid groups is 1. The van der Waals surface area contributed by atoms with Crippen molar-refractivity contribution >= 4 is 19.7 Å². The molecule has 1 amide bonds. The summed E-state index contributed by atoms with van der Waals surface area (Å²) in [5.41, 5.74) is 0.